The monoisotopic (exact) mass is 807 g/mol. The number of hydrogen-bond donors (Lipinski definition) is 2. The molecule has 8 rings (SSSR count). The van der Waals surface area contributed by atoms with E-state index in [1.54, 1.807) is 11.5 Å². The van der Waals surface area contributed by atoms with Crippen LogP contribution in [0.3, 0.4) is 0 Å². The second-order valence-electron chi connectivity index (χ2n) is 14.1. The molecule has 0 unspecified atom stereocenters. The first kappa shape index (κ1) is 38.3. The first-order chi connectivity index (χ1) is 27.3. The Hall–Kier alpha value is -5.59. The molecule has 298 valence electrons. The van der Waals surface area contributed by atoms with Gasteiger partial charge in [0.2, 0.25) is 11.7 Å². The lowest BCUT2D eigenvalue weighted by atomic mass is 9.85. The fraction of sp³-hybridized carbons (Fsp3) is 0.395. The van der Waals surface area contributed by atoms with Crippen LogP contribution < -0.4 is 15.8 Å². The van der Waals surface area contributed by atoms with E-state index in [0.29, 0.717) is 31.1 Å². The zero-order valence-corrected chi connectivity index (χ0v) is 31.7. The third kappa shape index (κ3) is 6.95. The van der Waals surface area contributed by atoms with Gasteiger partial charge in [-0.2, -0.15) is 22.7 Å². The molecule has 0 radical (unpaired) electrons. The van der Waals surface area contributed by atoms with Crippen molar-refractivity contribution in [1.29, 1.82) is 0 Å². The van der Waals surface area contributed by atoms with Crippen LogP contribution in [0.5, 0.6) is 5.75 Å². The van der Waals surface area contributed by atoms with Crippen molar-refractivity contribution >= 4 is 40.6 Å². The van der Waals surface area contributed by atoms with Crippen LogP contribution in [0.25, 0.3) is 17.2 Å². The van der Waals surface area contributed by atoms with Crippen LogP contribution in [0.4, 0.5) is 24.5 Å². The standard InChI is InChI=1S/C38H37ClF3N9O6/c1-3-28-31(48-10-12-49(13-11-48)34(54)30-32(53)21(2)43-20-44-30)35(55)51-36(50(28)18-29(52)45-27-7-5-24(17-26(27)39)38(40,41)42)46-33(47-51)22-4-6-25-23(16-22)19-57-37(25)8-14-56-15-9-37/h4-7,16-17,20,53H,3,8-15,18-19H2,1-2H3,(H,45,52). The Balaban J connectivity index is 1.16. The van der Waals surface area contributed by atoms with Crippen LogP contribution in [-0.4, -0.2) is 90.3 Å². The molecule has 5 aromatic rings. The third-order valence-electron chi connectivity index (χ3n) is 10.8. The van der Waals surface area contributed by atoms with Crippen LogP contribution in [0, 0.1) is 6.92 Å². The van der Waals surface area contributed by atoms with Gasteiger partial charge in [0, 0.05) is 57.8 Å². The highest BCUT2D eigenvalue weighted by Crippen LogP contribution is 2.44. The van der Waals surface area contributed by atoms with Gasteiger partial charge in [-0.15, -0.1) is 5.10 Å². The predicted molar refractivity (Wildman–Crippen MR) is 200 cm³/mol. The first-order valence-electron chi connectivity index (χ1n) is 18.4. The van der Waals surface area contributed by atoms with Gasteiger partial charge in [-0.1, -0.05) is 30.7 Å². The molecule has 1 spiro atoms. The molecule has 0 saturated carbocycles. The normalized spacial score (nSPS) is 16.7. The van der Waals surface area contributed by atoms with Crippen molar-refractivity contribution in [3.63, 3.8) is 0 Å². The maximum absolute atomic E-state index is 14.5. The SMILES string of the molecule is CCc1c(N2CCN(C(=O)c3ncnc(C)c3O)CC2)c(=O)n2nc(-c3ccc4c(c3)COC43CCOCC3)nc2n1CC(=O)Nc1ccc(C(F)(F)F)cc1Cl. The number of hydrogen-bond acceptors (Lipinski definition) is 11. The maximum Gasteiger partial charge on any atom is 0.416 e. The number of aromatic hydroxyl groups is 1. The van der Waals surface area contributed by atoms with Gasteiger partial charge >= 0.3 is 6.18 Å². The number of fused-ring (bicyclic) bond motifs is 3. The smallest absolute Gasteiger partial charge is 0.416 e. The molecule has 3 aliphatic heterocycles. The number of nitrogens with zero attached hydrogens (tertiary/aromatic N) is 8. The van der Waals surface area contributed by atoms with Gasteiger partial charge in [0.15, 0.2) is 17.3 Å². The Bertz CT molecular complexity index is 2480. The minimum Gasteiger partial charge on any atom is -0.504 e. The molecule has 3 aliphatic rings. The summed E-state index contributed by atoms with van der Waals surface area (Å²) in [6.45, 7) is 5.37. The van der Waals surface area contributed by atoms with E-state index in [0.717, 1.165) is 46.7 Å². The van der Waals surface area contributed by atoms with E-state index in [1.807, 2.05) is 30.0 Å². The highest BCUT2D eigenvalue weighted by Gasteiger charge is 2.41. The summed E-state index contributed by atoms with van der Waals surface area (Å²) in [7, 11) is 0. The van der Waals surface area contributed by atoms with E-state index in [2.05, 4.69) is 20.4 Å². The average Bonchev–Trinajstić information content (AvgIpc) is 3.80. The van der Waals surface area contributed by atoms with E-state index in [-0.39, 0.29) is 77.7 Å². The number of aryl methyl sites for hydroxylation is 1. The minimum absolute atomic E-state index is 0.0273. The van der Waals surface area contributed by atoms with Gasteiger partial charge in [0.1, 0.15) is 18.6 Å². The number of benzene rings is 2. The summed E-state index contributed by atoms with van der Waals surface area (Å²) < 4.78 is 54.5. The molecule has 2 aromatic carbocycles. The number of carbonyl (C=O) groups is 2. The van der Waals surface area contributed by atoms with Gasteiger partial charge in [-0.05, 0) is 48.7 Å². The molecule has 0 bridgehead atoms. The molecule has 15 nitrogen and oxygen atoms in total. The van der Waals surface area contributed by atoms with E-state index in [9.17, 15) is 32.7 Å². The Morgan fingerprint density at radius 1 is 1.05 bits per heavy atom. The van der Waals surface area contributed by atoms with E-state index in [1.165, 1.54) is 11.2 Å². The number of anilines is 2. The van der Waals surface area contributed by atoms with Crippen molar-refractivity contribution in [2.24, 2.45) is 0 Å². The highest BCUT2D eigenvalue weighted by atomic mass is 35.5. The summed E-state index contributed by atoms with van der Waals surface area (Å²) in [5.41, 5.74) is 1.63. The van der Waals surface area contributed by atoms with Crippen molar-refractivity contribution in [3.8, 4) is 17.1 Å². The largest absolute Gasteiger partial charge is 0.504 e. The minimum atomic E-state index is -4.63. The molecule has 3 aromatic heterocycles. The van der Waals surface area contributed by atoms with Gasteiger partial charge in [0.05, 0.1) is 39.9 Å². The van der Waals surface area contributed by atoms with Crippen LogP contribution >= 0.6 is 11.6 Å². The summed E-state index contributed by atoms with van der Waals surface area (Å²) in [6, 6.07) is 8.45. The number of piperazine rings is 1. The summed E-state index contributed by atoms with van der Waals surface area (Å²) in [5, 5.41) is 17.4. The van der Waals surface area contributed by atoms with Crippen LogP contribution in [-0.2, 0) is 45.6 Å². The van der Waals surface area contributed by atoms with Crippen molar-refractivity contribution in [3.05, 3.63) is 91.9 Å². The summed E-state index contributed by atoms with van der Waals surface area (Å²) in [4.78, 5) is 57.5. The van der Waals surface area contributed by atoms with Gasteiger partial charge in [-0.3, -0.25) is 14.4 Å². The van der Waals surface area contributed by atoms with Crippen LogP contribution in [0.15, 0.2) is 47.5 Å². The molecule has 2 N–H and O–H groups in total. The summed E-state index contributed by atoms with van der Waals surface area (Å²) in [5.74, 6) is -1.12. The number of rotatable bonds is 7. The quantitative estimate of drug-likeness (QED) is 0.233. The van der Waals surface area contributed by atoms with E-state index >= 15 is 0 Å². The van der Waals surface area contributed by atoms with Gasteiger partial charge in [-0.25, -0.2) is 9.97 Å². The lowest BCUT2D eigenvalue weighted by Crippen LogP contribution is -2.51. The topological polar surface area (TPSA) is 169 Å². The van der Waals surface area contributed by atoms with Crippen molar-refractivity contribution < 1.29 is 37.3 Å². The molecule has 0 aliphatic carbocycles. The Morgan fingerprint density at radius 2 is 1.81 bits per heavy atom. The third-order valence-corrected chi connectivity index (χ3v) is 11.1. The molecule has 2 amide bonds. The Labute approximate surface area is 328 Å². The van der Waals surface area contributed by atoms with Crippen LogP contribution in [0.1, 0.15) is 58.3 Å². The molecule has 2 fully saturated rings. The lowest BCUT2D eigenvalue weighted by Gasteiger charge is -2.36. The van der Waals surface area contributed by atoms with Gasteiger partial charge in [0.25, 0.3) is 11.5 Å². The van der Waals surface area contributed by atoms with Gasteiger partial charge < -0.3 is 34.3 Å². The zero-order valence-electron chi connectivity index (χ0n) is 30.9. The second kappa shape index (κ2) is 14.7. The number of alkyl halides is 3. The average molecular weight is 808 g/mol. The molecule has 2 saturated heterocycles. The van der Waals surface area contributed by atoms with E-state index in [4.69, 9.17) is 26.1 Å². The number of aromatic nitrogens is 6. The lowest BCUT2D eigenvalue weighted by molar-refractivity contribution is -0.137. The number of carbonyl (C=O) groups excluding carboxylic acids is 2. The number of amides is 2. The molecule has 6 heterocycles. The Kier molecular flexibility index (Phi) is 9.89. The molecular formula is C38H37ClF3N9O6. The molecule has 0 atom stereocenters. The fourth-order valence-electron chi connectivity index (χ4n) is 7.79. The van der Waals surface area contributed by atoms with Crippen molar-refractivity contribution in [2.45, 2.75) is 58.0 Å². The predicted octanol–water partition coefficient (Wildman–Crippen LogP) is 4.73. The van der Waals surface area contributed by atoms with Crippen molar-refractivity contribution in [1.82, 2.24) is 34.0 Å². The number of ether oxygens (including phenoxy) is 2. The maximum atomic E-state index is 14.5. The van der Waals surface area contributed by atoms with E-state index < -0.39 is 41.3 Å². The second-order valence-corrected chi connectivity index (χ2v) is 14.5. The first-order valence-corrected chi connectivity index (χ1v) is 18.7. The zero-order chi connectivity index (χ0) is 40.2. The highest BCUT2D eigenvalue weighted by molar-refractivity contribution is 6.33. The number of nitrogens with one attached hydrogen (secondary N) is 1. The van der Waals surface area contributed by atoms with Crippen LogP contribution in [0.2, 0.25) is 5.02 Å². The van der Waals surface area contributed by atoms with Crippen molar-refractivity contribution in [2.75, 3.05) is 49.6 Å². The fourth-order valence-corrected chi connectivity index (χ4v) is 8.02. The molecular weight excluding hydrogens is 771 g/mol. The summed E-state index contributed by atoms with van der Waals surface area (Å²) in [6.07, 6.45) is -1.68. The Morgan fingerprint density at radius 3 is 2.51 bits per heavy atom. The number of halogens is 4. The molecule has 57 heavy (non-hydrogen) atoms. The summed E-state index contributed by atoms with van der Waals surface area (Å²) >= 11 is 6.17. The molecule has 19 heteroatoms.